The molecule has 0 saturated heterocycles. The predicted octanol–water partition coefficient (Wildman–Crippen LogP) is 10.1. The van der Waals surface area contributed by atoms with Crippen molar-refractivity contribution in [1.82, 2.24) is 0 Å². The molecule has 29 heavy (non-hydrogen) atoms. The van der Waals surface area contributed by atoms with Gasteiger partial charge in [-0.1, -0.05) is 0 Å². The lowest BCUT2D eigenvalue weighted by Gasteiger charge is -1.99. The maximum Gasteiger partial charge on any atom is 0.0639 e. The van der Waals surface area contributed by atoms with E-state index in [1.807, 2.05) is 56.7 Å². The minimum atomic E-state index is 1.45. The molecule has 0 N–H and O–H groups in total. The molecule has 0 radical (unpaired) electrons. The maximum absolute atomic E-state index is 2.32. The number of hydrogen-bond donors (Lipinski definition) is 0. The van der Waals surface area contributed by atoms with Gasteiger partial charge >= 0.3 is 0 Å². The van der Waals surface area contributed by atoms with Crippen LogP contribution in [-0.4, -0.2) is 0 Å². The minimum Gasteiger partial charge on any atom is -0.139 e. The topological polar surface area (TPSA) is 0 Å². The zero-order valence-corrected chi connectivity index (χ0v) is 22.1. The summed E-state index contributed by atoms with van der Waals surface area (Å²) in [7, 11) is 0. The Morgan fingerprint density at radius 2 is 0.655 bits per heavy atom. The first-order chi connectivity index (χ1) is 13.7. The highest BCUT2D eigenvalue weighted by Crippen LogP contribution is 2.54. The number of fused-ring (bicyclic) bond motifs is 3. The minimum absolute atomic E-state index is 1.45. The van der Waals surface area contributed by atoms with E-state index in [-0.39, 0.29) is 0 Å². The summed E-state index contributed by atoms with van der Waals surface area (Å²) in [5.74, 6) is 0. The summed E-state index contributed by atoms with van der Waals surface area (Å²) in [5, 5.41) is 0. The Kier molecular flexibility index (Phi) is 4.65. The first kappa shape index (κ1) is 20.0. The van der Waals surface area contributed by atoms with Crippen molar-refractivity contribution >= 4 is 75.5 Å². The molecule has 5 heterocycles. The van der Waals surface area contributed by atoms with Gasteiger partial charge in [0.25, 0.3) is 0 Å². The Morgan fingerprint density at radius 3 is 0.966 bits per heavy atom. The van der Waals surface area contributed by atoms with E-state index in [4.69, 9.17) is 0 Å². The number of thiophene rings is 5. The molecule has 0 nitrogen and oxygen atoms in total. The summed E-state index contributed by atoms with van der Waals surface area (Å²) in [6, 6.07) is 0. The Hall–Kier alpha value is -0.980. The molecular weight excluding hydrogens is 449 g/mol. The Bertz CT molecular complexity index is 1320. The van der Waals surface area contributed by atoms with Gasteiger partial charge in [-0.05, 0) is 88.8 Å². The molecule has 150 valence electrons. The molecule has 5 rings (SSSR count). The van der Waals surface area contributed by atoms with Gasteiger partial charge in [0.2, 0.25) is 0 Å². The van der Waals surface area contributed by atoms with Gasteiger partial charge in [0.05, 0.1) is 18.8 Å². The molecule has 0 unspecified atom stereocenters. The van der Waals surface area contributed by atoms with Crippen molar-refractivity contribution in [3.63, 3.8) is 0 Å². The number of aryl methyl sites for hydroxylation is 4. The van der Waals surface area contributed by atoms with Crippen molar-refractivity contribution in [2.24, 2.45) is 0 Å². The molecule has 5 aromatic heterocycles. The molecule has 5 aromatic rings. The highest BCUT2D eigenvalue weighted by atomic mass is 32.1. The zero-order chi connectivity index (χ0) is 20.8. The summed E-state index contributed by atoms with van der Waals surface area (Å²) < 4.78 is 6.00. The normalized spacial score (nSPS) is 12.1. The monoisotopic (exact) mass is 472 g/mol. The third kappa shape index (κ3) is 2.71. The van der Waals surface area contributed by atoms with Crippen LogP contribution in [0.4, 0.5) is 0 Å². The van der Waals surface area contributed by atoms with E-state index in [9.17, 15) is 0 Å². The summed E-state index contributed by atoms with van der Waals surface area (Å²) in [6.07, 6.45) is 0. The summed E-state index contributed by atoms with van der Waals surface area (Å²) in [4.78, 5) is 8.83. The standard InChI is InChI=1S/C24H24S5/c1-9-11(3)17(25-15(9)7)19-13(5)21-23(28-19)24-22(27-21)14(6)20(29-24)18-12(4)10(2)16(8)26-18/h1-8H3. The van der Waals surface area contributed by atoms with E-state index in [0.717, 1.165) is 0 Å². The Morgan fingerprint density at radius 1 is 0.310 bits per heavy atom. The smallest absolute Gasteiger partial charge is 0.0639 e. The molecule has 0 aliphatic heterocycles. The van der Waals surface area contributed by atoms with Crippen LogP contribution in [0.5, 0.6) is 0 Å². The molecule has 0 saturated carbocycles. The molecule has 5 heteroatoms. The van der Waals surface area contributed by atoms with Crippen molar-refractivity contribution in [1.29, 1.82) is 0 Å². The molecule has 0 spiro atoms. The van der Waals surface area contributed by atoms with Gasteiger partial charge in [-0.3, -0.25) is 0 Å². The highest BCUT2D eigenvalue weighted by molar-refractivity contribution is 7.41. The van der Waals surface area contributed by atoms with Crippen molar-refractivity contribution in [3.05, 3.63) is 43.1 Å². The molecular formula is C24H24S5. The average Bonchev–Trinajstić information content (AvgIpc) is 3.42. The second-order valence-corrected chi connectivity index (χ2v) is 13.5. The second kappa shape index (κ2) is 6.76. The summed E-state index contributed by atoms with van der Waals surface area (Å²) >= 11 is 9.97. The average molecular weight is 473 g/mol. The third-order valence-corrected chi connectivity index (χ3v) is 13.8. The van der Waals surface area contributed by atoms with Gasteiger partial charge in [-0.2, -0.15) is 0 Å². The van der Waals surface area contributed by atoms with E-state index in [1.165, 1.54) is 81.4 Å². The molecule has 0 aromatic carbocycles. The Balaban J connectivity index is 1.76. The van der Waals surface area contributed by atoms with Crippen LogP contribution in [-0.2, 0) is 0 Å². The van der Waals surface area contributed by atoms with Gasteiger partial charge in [0.1, 0.15) is 0 Å². The predicted molar refractivity (Wildman–Crippen MR) is 140 cm³/mol. The number of rotatable bonds is 2. The molecule has 0 aliphatic carbocycles. The lowest BCUT2D eigenvalue weighted by molar-refractivity contribution is 1.35. The second-order valence-electron chi connectivity index (χ2n) is 8.01. The van der Waals surface area contributed by atoms with Crippen LogP contribution in [0, 0.1) is 55.4 Å². The van der Waals surface area contributed by atoms with Crippen LogP contribution in [0.25, 0.3) is 38.3 Å². The Labute approximate surface area is 192 Å². The van der Waals surface area contributed by atoms with Crippen molar-refractivity contribution < 1.29 is 0 Å². The van der Waals surface area contributed by atoms with Gasteiger partial charge < -0.3 is 0 Å². The first-order valence-electron chi connectivity index (χ1n) is 9.79. The zero-order valence-electron chi connectivity index (χ0n) is 18.0. The maximum atomic E-state index is 2.32. The van der Waals surface area contributed by atoms with Gasteiger partial charge in [0.15, 0.2) is 0 Å². The fourth-order valence-corrected chi connectivity index (χ4v) is 11.2. The molecule has 0 aliphatic rings. The van der Waals surface area contributed by atoms with Crippen LogP contribution >= 0.6 is 56.7 Å². The summed E-state index contributed by atoms with van der Waals surface area (Å²) in [6.45, 7) is 18.2. The fourth-order valence-electron chi connectivity index (χ4n) is 3.99. The highest BCUT2D eigenvalue weighted by Gasteiger charge is 2.24. The number of hydrogen-bond acceptors (Lipinski definition) is 5. The van der Waals surface area contributed by atoms with Crippen LogP contribution in [0.1, 0.15) is 43.1 Å². The van der Waals surface area contributed by atoms with Crippen LogP contribution in [0.2, 0.25) is 0 Å². The van der Waals surface area contributed by atoms with Crippen LogP contribution in [0.3, 0.4) is 0 Å². The summed E-state index contributed by atoms with van der Waals surface area (Å²) in [5.41, 5.74) is 8.79. The van der Waals surface area contributed by atoms with E-state index in [2.05, 4.69) is 55.4 Å². The molecule has 0 atom stereocenters. The molecule has 0 amide bonds. The van der Waals surface area contributed by atoms with Crippen molar-refractivity contribution in [2.75, 3.05) is 0 Å². The van der Waals surface area contributed by atoms with Gasteiger partial charge in [-0.25, -0.2) is 0 Å². The van der Waals surface area contributed by atoms with Gasteiger partial charge in [-0.15, -0.1) is 56.7 Å². The largest absolute Gasteiger partial charge is 0.139 e. The molecule has 0 fully saturated rings. The van der Waals surface area contributed by atoms with Crippen molar-refractivity contribution in [2.45, 2.75) is 55.4 Å². The van der Waals surface area contributed by atoms with Gasteiger partial charge in [0, 0.05) is 29.3 Å². The van der Waals surface area contributed by atoms with E-state index in [0.29, 0.717) is 0 Å². The van der Waals surface area contributed by atoms with Crippen LogP contribution < -0.4 is 0 Å². The lowest BCUT2D eigenvalue weighted by atomic mass is 10.1. The SMILES string of the molecule is Cc1sc(-c2sc3c(sc4c(C)c(-c5sc(C)c(C)c5C)sc43)c2C)c(C)c1C. The van der Waals surface area contributed by atoms with Crippen LogP contribution in [0.15, 0.2) is 0 Å². The third-order valence-electron chi connectivity index (χ3n) is 6.38. The fraction of sp³-hybridized carbons (Fsp3) is 0.333. The lowest BCUT2D eigenvalue weighted by Crippen LogP contribution is -1.78. The first-order valence-corrected chi connectivity index (χ1v) is 13.9. The van der Waals surface area contributed by atoms with E-state index < -0.39 is 0 Å². The molecule has 0 bridgehead atoms. The van der Waals surface area contributed by atoms with Crippen molar-refractivity contribution in [3.8, 4) is 19.5 Å². The van der Waals surface area contributed by atoms with E-state index >= 15 is 0 Å². The quantitative estimate of drug-likeness (QED) is 0.240. The van der Waals surface area contributed by atoms with E-state index in [1.54, 1.807) is 0 Å².